The molecule has 2 aromatic carbocycles. The van der Waals surface area contributed by atoms with Crippen LogP contribution in [0.1, 0.15) is 57.1 Å². The largest absolute Gasteiger partial charge is 0.493 e. The van der Waals surface area contributed by atoms with Gasteiger partial charge in [-0.3, -0.25) is 0 Å². The first-order chi connectivity index (χ1) is 14.3. The fraction of sp³-hybridized carbons (Fsp3) is 0.500. The Labute approximate surface area is 184 Å². The lowest BCUT2D eigenvalue weighted by molar-refractivity contribution is 0.0435. The van der Waals surface area contributed by atoms with E-state index in [0.717, 1.165) is 30.6 Å². The standard InChI is InChI=1S/C26H31NO2S/c1-25(2)23-13-17(16-27)19-14-21(28-4)22(29-5)15-20(19)26(23,3)12-11-24(25)30-18-9-7-6-8-10-18/h6-10,14-15,17,23-24H,11-13H2,1-5H3/t17-,23+,24+,26-/m1/s1. The van der Waals surface area contributed by atoms with Gasteiger partial charge in [-0.1, -0.05) is 39.0 Å². The third-order valence-corrected chi connectivity index (χ3v) is 9.29. The molecule has 0 aliphatic heterocycles. The maximum atomic E-state index is 10.0. The van der Waals surface area contributed by atoms with E-state index in [1.165, 1.54) is 10.5 Å². The maximum Gasteiger partial charge on any atom is 0.161 e. The average molecular weight is 422 g/mol. The van der Waals surface area contributed by atoms with Gasteiger partial charge >= 0.3 is 0 Å². The van der Waals surface area contributed by atoms with Crippen molar-refractivity contribution in [3.8, 4) is 17.6 Å². The topological polar surface area (TPSA) is 42.2 Å². The van der Waals surface area contributed by atoms with Gasteiger partial charge < -0.3 is 9.47 Å². The van der Waals surface area contributed by atoms with Crippen molar-refractivity contribution >= 4 is 11.8 Å². The monoisotopic (exact) mass is 421 g/mol. The predicted molar refractivity (Wildman–Crippen MR) is 122 cm³/mol. The Morgan fingerprint density at radius 1 is 1.03 bits per heavy atom. The molecule has 0 amide bonds. The third kappa shape index (κ3) is 3.28. The predicted octanol–water partition coefficient (Wildman–Crippen LogP) is 6.57. The summed E-state index contributed by atoms with van der Waals surface area (Å²) < 4.78 is 11.2. The molecule has 0 N–H and O–H groups in total. The molecule has 1 saturated carbocycles. The van der Waals surface area contributed by atoms with E-state index in [1.54, 1.807) is 14.2 Å². The van der Waals surface area contributed by atoms with Gasteiger partial charge in [0.25, 0.3) is 0 Å². The molecule has 3 nitrogen and oxygen atoms in total. The van der Waals surface area contributed by atoms with Gasteiger partial charge in [-0.05, 0) is 71.4 Å². The second kappa shape index (κ2) is 7.85. The van der Waals surface area contributed by atoms with Crippen LogP contribution in [0.25, 0.3) is 0 Å². The smallest absolute Gasteiger partial charge is 0.161 e. The Morgan fingerprint density at radius 2 is 1.70 bits per heavy atom. The van der Waals surface area contributed by atoms with E-state index in [9.17, 15) is 5.26 Å². The molecular weight excluding hydrogens is 390 g/mol. The van der Waals surface area contributed by atoms with Crippen LogP contribution in [0.15, 0.2) is 47.4 Å². The van der Waals surface area contributed by atoms with Crippen molar-refractivity contribution in [1.82, 2.24) is 0 Å². The lowest BCUT2D eigenvalue weighted by Crippen LogP contribution is -2.53. The summed E-state index contributed by atoms with van der Waals surface area (Å²) in [6.07, 6.45) is 3.17. The van der Waals surface area contributed by atoms with E-state index in [0.29, 0.717) is 16.9 Å². The van der Waals surface area contributed by atoms with Crippen molar-refractivity contribution < 1.29 is 9.47 Å². The maximum absolute atomic E-state index is 10.0. The van der Waals surface area contributed by atoms with Crippen LogP contribution in [0.3, 0.4) is 0 Å². The van der Waals surface area contributed by atoms with Crippen molar-refractivity contribution in [3.63, 3.8) is 0 Å². The molecular formula is C26H31NO2S. The highest BCUT2D eigenvalue weighted by atomic mass is 32.2. The number of hydrogen-bond acceptors (Lipinski definition) is 4. The Morgan fingerprint density at radius 3 is 2.33 bits per heavy atom. The quantitative estimate of drug-likeness (QED) is 0.560. The first-order valence-electron chi connectivity index (χ1n) is 10.7. The zero-order valence-corrected chi connectivity index (χ0v) is 19.4. The van der Waals surface area contributed by atoms with E-state index in [2.05, 4.69) is 63.2 Å². The number of nitrogens with zero attached hydrogens (tertiary/aromatic N) is 1. The van der Waals surface area contributed by atoms with Gasteiger partial charge in [-0.2, -0.15) is 5.26 Å². The van der Waals surface area contributed by atoms with Crippen LogP contribution in [0.4, 0.5) is 0 Å². The van der Waals surface area contributed by atoms with Crippen LogP contribution in [-0.4, -0.2) is 19.5 Å². The molecule has 0 radical (unpaired) electrons. The van der Waals surface area contributed by atoms with Crippen LogP contribution in [0.2, 0.25) is 0 Å². The van der Waals surface area contributed by atoms with Crippen LogP contribution < -0.4 is 9.47 Å². The van der Waals surface area contributed by atoms with Gasteiger partial charge in [-0.15, -0.1) is 11.8 Å². The van der Waals surface area contributed by atoms with Gasteiger partial charge in [0.2, 0.25) is 0 Å². The molecule has 4 atom stereocenters. The molecule has 0 bridgehead atoms. The van der Waals surface area contributed by atoms with Gasteiger partial charge in [0, 0.05) is 10.1 Å². The van der Waals surface area contributed by atoms with E-state index < -0.39 is 0 Å². The van der Waals surface area contributed by atoms with Crippen LogP contribution in [0.5, 0.6) is 11.5 Å². The fourth-order valence-electron chi connectivity index (χ4n) is 5.95. The Bertz CT molecular complexity index is 965. The summed E-state index contributed by atoms with van der Waals surface area (Å²) in [4.78, 5) is 1.33. The number of methoxy groups -OCH3 is 2. The lowest BCUT2D eigenvalue weighted by atomic mass is 9.49. The number of hydrogen-bond donors (Lipinski definition) is 0. The molecule has 0 unspecified atom stereocenters. The second-order valence-electron chi connectivity index (χ2n) is 9.46. The van der Waals surface area contributed by atoms with Crippen molar-refractivity contribution in [2.75, 3.05) is 14.2 Å². The Balaban J connectivity index is 1.77. The average Bonchev–Trinajstić information content (AvgIpc) is 2.75. The number of nitriles is 1. The minimum atomic E-state index is -0.113. The molecule has 158 valence electrons. The minimum Gasteiger partial charge on any atom is -0.493 e. The van der Waals surface area contributed by atoms with Crippen molar-refractivity contribution in [3.05, 3.63) is 53.6 Å². The summed E-state index contributed by atoms with van der Waals surface area (Å²) in [5.74, 6) is 1.78. The summed E-state index contributed by atoms with van der Waals surface area (Å²) in [6, 6.07) is 17.5. The Kier molecular flexibility index (Phi) is 5.53. The number of benzene rings is 2. The summed E-state index contributed by atoms with van der Waals surface area (Å²) in [5, 5.41) is 10.6. The SMILES string of the molecule is COc1cc2c(cc1OC)[C@@]1(C)CC[C@H](Sc3ccccc3)C(C)(C)[C@@H]1C[C@@H]2C#N. The number of thioether (sulfide) groups is 1. The first kappa shape index (κ1) is 21.1. The second-order valence-corrected chi connectivity index (χ2v) is 10.7. The number of fused-ring (bicyclic) bond motifs is 3. The summed E-state index contributed by atoms with van der Waals surface area (Å²) in [7, 11) is 3.35. The normalized spacial score (nSPS) is 29.3. The van der Waals surface area contributed by atoms with Crippen LogP contribution in [-0.2, 0) is 5.41 Å². The van der Waals surface area contributed by atoms with Gasteiger partial charge in [0.15, 0.2) is 11.5 Å². The highest BCUT2D eigenvalue weighted by Gasteiger charge is 2.55. The van der Waals surface area contributed by atoms with Gasteiger partial charge in [-0.25, -0.2) is 0 Å². The molecule has 4 heteroatoms. The Hall–Kier alpha value is -2.12. The lowest BCUT2D eigenvalue weighted by Gasteiger charge is -2.58. The highest BCUT2D eigenvalue weighted by Crippen LogP contribution is 2.62. The van der Waals surface area contributed by atoms with Crippen LogP contribution in [0, 0.1) is 22.7 Å². The number of rotatable bonds is 4. The molecule has 0 heterocycles. The van der Waals surface area contributed by atoms with Crippen molar-refractivity contribution in [2.45, 2.75) is 61.5 Å². The summed E-state index contributed by atoms with van der Waals surface area (Å²) in [6.45, 7) is 7.23. The molecule has 2 aromatic rings. The molecule has 0 aromatic heterocycles. The molecule has 1 fully saturated rings. The molecule has 4 rings (SSSR count). The van der Waals surface area contributed by atoms with Crippen molar-refractivity contribution in [1.29, 1.82) is 5.26 Å². The van der Waals surface area contributed by atoms with E-state index >= 15 is 0 Å². The minimum absolute atomic E-state index is 0.0273. The first-order valence-corrected chi connectivity index (χ1v) is 11.6. The molecule has 2 aliphatic carbocycles. The zero-order chi connectivity index (χ0) is 21.5. The van der Waals surface area contributed by atoms with Gasteiger partial charge in [0.1, 0.15) is 0 Å². The van der Waals surface area contributed by atoms with E-state index in [1.807, 2.05) is 17.8 Å². The van der Waals surface area contributed by atoms with E-state index in [4.69, 9.17) is 9.47 Å². The zero-order valence-electron chi connectivity index (χ0n) is 18.6. The molecule has 2 aliphatic rings. The third-order valence-electron chi connectivity index (χ3n) is 7.62. The summed E-state index contributed by atoms with van der Waals surface area (Å²) in [5.41, 5.74) is 2.53. The molecule has 30 heavy (non-hydrogen) atoms. The fourth-order valence-corrected chi connectivity index (χ4v) is 7.29. The van der Waals surface area contributed by atoms with Gasteiger partial charge in [0.05, 0.1) is 26.2 Å². The summed E-state index contributed by atoms with van der Waals surface area (Å²) >= 11 is 2.00. The number of ether oxygens (including phenoxy) is 2. The highest BCUT2D eigenvalue weighted by molar-refractivity contribution is 8.00. The molecule has 0 saturated heterocycles. The van der Waals surface area contributed by atoms with Crippen molar-refractivity contribution in [2.24, 2.45) is 11.3 Å². The molecule has 0 spiro atoms. The van der Waals surface area contributed by atoms with Crippen LogP contribution >= 0.6 is 11.8 Å². The van der Waals surface area contributed by atoms with E-state index in [-0.39, 0.29) is 16.7 Å².